The van der Waals surface area contributed by atoms with Crippen molar-refractivity contribution in [2.45, 2.75) is 25.7 Å². The fourth-order valence-electron chi connectivity index (χ4n) is 2.71. The van der Waals surface area contributed by atoms with Crippen molar-refractivity contribution < 1.29 is 4.79 Å². The molecule has 2 nitrogen and oxygen atoms in total. The van der Waals surface area contributed by atoms with E-state index >= 15 is 0 Å². The van der Waals surface area contributed by atoms with Gasteiger partial charge in [-0.3, -0.25) is 4.79 Å². The molecule has 2 aliphatic rings. The molecule has 2 fully saturated rings. The van der Waals surface area contributed by atoms with Gasteiger partial charge in [0.2, 0.25) is 5.91 Å². The normalized spacial score (nSPS) is 32.8. The maximum absolute atomic E-state index is 11.4. The molecule has 0 bridgehead atoms. The summed E-state index contributed by atoms with van der Waals surface area (Å²) in [4.78, 5) is 13.3. The van der Waals surface area contributed by atoms with Crippen LogP contribution in [0.3, 0.4) is 0 Å². The third-order valence-electron chi connectivity index (χ3n) is 3.46. The van der Waals surface area contributed by atoms with Crippen molar-refractivity contribution >= 4 is 5.91 Å². The first-order valence-corrected chi connectivity index (χ1v) is 5.22. The van der Waals surface area contributed by atoms with Crippen LogP contribution >= 0.6 is 0 Å². The molecule has 0 radical (unpaired) electrons. The topological polar surface area (TPSA) is 20.3 Å². The lowest BCUT2D eigenvalue weighted by Crippen LogP contribution is -2.26. The van der Waals surface area contributed by atoms with E-state index in [0.29, 0.717) is 0 Å². The molecule has 0 aromatic heterocycles. The van der Waals surface area contributed by atoms with Crippen molar-refractivity contribution in [3.05, 3.63) is 12.7 Å². The zero-order valence-electron chi connectivity index (χ0n) is 8.04. The third-order valence-corrected chi connectivity index (χ3v) is 3.46. The summed E-state index contributed by atoms with van der Waals surface area (Å²) in [6.07, 6.45) is 6.81. The van der Waals surface area contributed by atoms with E-state index < -0.39 is 0 Å². The Bertz CT molecular complexity index is 210. The van der Waals surface area contributed by atoms with Gasteiger partial charge in [-0.05, 0) is 30.8 Å². The number of amides is 1. The number of rotatable bonds is 1. The molecular weight excluding hydrogens is 162 g/mol. The molecule has 2 heteroatoms. The summed E-state index contributed by atoms with van der Waals surface area (Å²) in [5.74, 6) is 1.70. The highest BCUT2D eigenvalue weighted by Gasteiger charge is 2.35. The summed E-state index contributed by atoms with van der Waals surface area (Å²) in [6, 6.07) is 0. The first-order valence-electron chi connectivity index (χ1n) is 5.22. The summed E-state index contributed by atoms with van der Waals surface area (Å²) in [5, 5.41) is 0. The van der Waals surface area contributed by atoms with E-state index in [1.165, 1.54) is 31.8 Å². The first-order chi connectivity index (χ1) is 6.31. The van der Waals surface area contributed by atoms with Crippen molar-refractivity contribution in [3.63, 3.8) is 0 Å². The molecule has 1 aliphatic heterocycles. The Hall–Kier alpha value is -0.790. The van der Waals surface area contributed by atoms with Crippen LogP contribution in [0.4, 0.5) is 0 Å². The molecule has 2 unspecified atom stereocenters. The van der Waals surface area contributed by atoms with E-state index in [9.17, 15) is 4.79 Å². The van der Waals surface area contributed by atoms with Gasteiger partial charge in [0.1, 0.15) is 0 Å². The molecule has 72 valence electrons. The molecule has 1 saturated carbocycles. The number of nitrogens with zero attached hydrogens (tertiary/aromatic N) is 1. The average molecular weight is 179 g/mol. The molecule has 2 rings (SSSR count). The van der Waals surface area contributed by atoms with Crippen molar-refractivity contribution in [2.75, 3.05) is 13.1 Å². The van der Waals surface area contributed by atoms with Crippen LogP contribution in [0.1, 0.15) is 25.7 Å². The Morgan fingerprint density at radius 3 is 2.23 bits per heavy atom. The summed E-state index contributed by atoms with van der Waals surface area (Å²) in [6.45, 7) is 5.49. The molecule has 0 N–H and O–H groups in total. The SMILES string of the molecule is C=CC(=O)N1CC2CCCCC2C1. The van der Waals surface area contributed by atoms with E-state index in [2.05, 4.69) is 6.58 Å². The number of hydrogen-bond acceptors (Lipinski definition) is 1. The Morgan fingerprint density at radius 1 is 1.23 bits per heavy atom. The van der Waals surface area contributed by atoms with Crippen LogP contribution in [0.15, 0.2) is 12.7 Å². The van der Waals surface area contributed by atoms with Crippen LogP contribution in [0.25, 0.3) is 0 Å². The second-order valence-electron chi connectivity index (χ2n) is 4.25. The van der Waals surface area contributed by atoms with Gasteiger partial charge in [-0.15, -0.1) is 0 Å². The zero-order chi connectivity index (χ0) is 9.26. The summed E-state index contributed by atoms with van der Waals surface area (Å²) in [5.41, 5.74) is 0. The Balaban J connectivity index is 1.98. The van der Waals surface area contributed by atoms with Gasteiger partial charge in [0.05, 0.1) is 0 Å². The second-order valence-corrected chi connectivity index (χ2v) is 4.25. The number of fused-ring (bicyclic) bond motifs is 1. The predicted octanol–water partition coefficient (Wildman–Crippen LogP) is 1.82. The van der Waals surface area contributed by atoms with Crippen LogP contribution < -0.4 is 0 Å². The highest BCUT2D eigenvalue weighted by Crippen LogP contribution is 2.35. The van der Waals surface area contributed by atoms with Gasteiger partial charge in [0.15, 0.2) is 0 Å². The minimum atomic E-state index is 0.120. The van der Waals surface area contributed by atoms with Gasteiger partial charge >= 0.3 is 0 Å². The van der Waals surface area contributed by atoms with Gasteiger partial charge in [-0.25, -0.2) is 0 Å². The van der Waals surface area contributed by atoms with E-state index in [-0.39, 0.29) is 5.91 Å². The quantitative estimate of drug-likeness (QED) is 0.562. The van der Waals surface area contributed by atoms with Crippen molar-refractivity contribution in [2.24, 2.45) is 11.8 Å². The molecule has 1 heterocycles. The van der Waals surface area contributed by atoms with Gasteiger partial charge in [0, 0.05) is 13.1 Å². The molecule has 1 amide bonds. The Labute approximate surface area is 79.6 Å². The Morgan fingerprint density at radius 2 is 1.77 bits per heavy atom. The van der Waals surface area contributed by atoms with E-state index in [0.717, 1.165) is 24.9 Å². The monoisotopic (exact) mass is 179 g/mol. The fraction of sp³-hybridized carbons (Fsp3) is 0.727. The second kappa shape index (κ2) is 3.52. The van der Waals surface area contributed by atoms with Crippen LogP contribution in [0.5, 0.6) is 0 Å². The summed E-state index contributed by atoms with van der Waals surface area (Å²) >= 11 is 0. The molecule has 1 saturated heterocycles. The van der Waals surface area contributed by atoms with E-state index in [4.69, 9.17) is 0 Å². The van der Waals surface area contributed by atoms with Crippen LogP contribution in [-0.4, -0.2) is 23.9 Å². The van der Waals surface area contributed by atoms with Gasteiger partial charge < -0.3 is 4.90 Å². The van der Waals surface area contributed by atoms with Crippen molar-refractivity contribution in [1.82, 2.24) is 4.90 Å². The van der Waals surface area contributed by atoms with Crippen LogP contribution in [-0.2, 0) is 4.79 Å². The highest BCUT2D eigenvalue weighted by molar-refractivity contribution is 5.87. The minimum absolute atomic E-state index is 0.120. The molecule has 1 aliphatic carbocycles. The average Bonchev–Trinajstić information content (AvgIpc) is 2.59. The minimum Gasteiger partial charge on any atom is -0.339 e. The number of carbonyl (C=O) groups excluding carboxylic acids is 1. The molecule has 0 aromatic rings. The van der Waals surface area contributed by atoms with Crippen LogP contribution in [0.2, 0.25) is 0 Å². The van der Waals surface area contributed by atoms with Crippen molar-refractivity contribution in [1.29, 1.82) is 0 Å². The lowest BCUT2D eigenvalue weighted by molar-refractivity contribution is -0.125. The fourth-order valence-corrected chi connectivity index (χ4v) is 2.71. The third kappa shape index (κ3) is 1.62. The molecule has 0 spiro atoms. The lowest BCUT2D eigenvalue weighted by Gasteiger charge is -2.22. The maximum atomic E-state index is 11.4. The van der Waals surface area contributed by atoms with E-state index in [1.54, 1.807) is 0 Å². The van der Waals surface area contributed by atoms with Crippen molar-refractivity contribution in [3.8, 4) is 0 Å². The molecule has 0 aromatic carbocycles. The predicted molar refractivity (Wildman–Crippen MR) is 52.2 cm³/mol. The standard InChI is InChI=1S/C11H17NO/c1-2-11(13)12-7-9-5-3-4-6-10(9)8-12/h2,9-10H,1,3-8H2. The number of likely N-dealkylation sites (tertiary alicyclic amines) is 1. The van der Waals surface area contributed by atoms with Gasteiger partial charge in [-0.2, -0.15) is 0 Å². The van der Waals surface area contributed by atoms with Crippen LogP contribution in [0, 0.1) is 11.8 Å². The number of hydrogen-bond donors (Lipinski definition) is 0. The smallest absolute Gasteiger partial charge is 0.245 e. The molecule has 13 heavy (non-hydrogen) atoms. The lowest BCUT2D eigenvalue weighted by atomic mass is 9.82. The van der Waals surface area contributed by atoms with E-state index in [1.807, 2.05) is 4.90 Å². The summed E-state index contributed by atoms with van der Waals surface area (Å²) < 4.78 is 0. The maximum Gasteiger partial charge on any atom is 0.245 e. The number of carbonyl (C=O) groups is 1. The first kappa shape index (κ1) is 8.79. The largest absolute Gasteiger partial charge is 0.339 e. The Kier molecular flexibility index (Phi) is 2.38. The van der Waals surface area contributed by atoms with Gasteiger partial charge in [0.25, 0.3) is 0 Å². The molecule has 2 atom stereocenters. The van der Waals surface area contributed by atoms with Gasteiger partial charge in [-0.1, -0.05) is 19.4 Å². The molecular formula is C11H17NO. The summed E-state index contributed by atoms with van der Waals surface area (Å²) in [7, 11) is 0. The zero-order valence-corrected chi connectivity index (χ0v) is 8.04. The highest BCUT2D eigenvalue weighted by atomic mass is 16.2.